The first kappa shape index (κ1) is 15.8. The smallest absolute Gasteiger partial charge is 0.238 e. The van der Waals surface area contributed by atoms with Crippen LogP contribution in [0.15, 0.2) is 39.7 Å². The number of hydrogen-bond donors (Lipinski definition) is 2. The van der Waals surface area contributed by atoms with Crippen LogP contribution in [0.5, 0.6) is 11.5 Å². The van der Waals surface area contributed by atoms with Gasteiger partial charge in [-0.05, 0) is 43.7 Å². The van der Waals surface area contributed by atoms with E-state index in [0.717, 1.165) is 10.0 Å². The van der Waals surface area contributed by atoms with Gasteiger partial charge in [-0.15, -0.1) is 0 Å². The molecule has 0 spiro atoms. The van der Waals surface area contributed by atoms with Gasteiger partial charge in [-0.2, -0.15) is 0 Å². The first-order valence-corrected chi connectivity index (χ1v) is 8.39. The molecule has 4 N–H and O–H groups in total. The SMILES string of the molecule is Cc1cc(Oc2cc(N)cc(S(N)(=O)=O)c2C)ccc1Br. The van der Waals surface area contributed by atoms with Gasteiger partial charge in [0.1, 0.15) is 11.5 Å². The van der Waals surface area contributed by atoms with Crippen molar-refractivity contribution in [3.63, 3.8) is 0 Å². The Hall–Kier alpha value is -1.57. The molecule has 0 aromatic heterocycles. The predicted molar refractivity (Wildman–Crippen MR) is 85.9 cm³/mol. The van der Waals surface area contributed by atoms with Crippen molar-refractivity contribution < 1.29 is 13.2 Å². The lowest BCUT2D eigenvalue weighted by atomic mass is 10.2. The van der Waals surface area contributed by atoms with Crippen molar-refractivity contribution in [3.05, 3.63) is 45.9 Å². The van der Waals surface area contributed by atoms with Crippen LogP contribution in [0.2, 0.25) is 0 Å². The van der Waals surface area contributed by atoms with Crippen LogP contribution in [0.3, 0.4) is 0 Å². The summed E-state index contributed by atoms with van der Waals surface area (Å²) in [4.78, 5) is -0.0358. The summed E-state index contributed by atoms with van der Waals surface area (Å²) >= 11 is 3.41. The van der Waals surface area contributed by atoms with Crippen LogP contribution in [-0.4, -0.2) is 8.42 Å². The molecule has 0 fully saturated rings. The van der Waals surface area contributed by atoms with Gasteiger partial charge in [0, 0.05) is 21.8 Å². The van der Waals surface area contributed by atoms with E-state index in [9.17, 15) is 8.42 Å². The second-order valence-electron chi connectivity index (χ2n) is 4.70. The quantitative estimate of drug-likeness (QED) is 0.811. The third-order valence-corrected chi connectivity index (χ3v) is 4.93. The van der Waals surface area contributed by atoms with E-state index in [4.69, 9.17) is 15.6 Å². The fraction of sp³-hybridized carbons (Fsp3) is 0.143. The molecular weight excluding hydrogens is 356 g/mol. The summed E-state index contributed by atoms with van der Waals surface area (Å²) < 4.78 is 29.8. The summed E-state index contributed by atoms with van der Waals surface area (Å²) in [5.41, 5.74) is 7.42. The molecule has 112 valence electrons. The highest BCUT2D eigenvalue weighted by Gasteiger charge is 2.17. The van der Waals surface area contributed by atoms with E-state index in [0.29, 0.717) is 17.1 Å². The molecule has 0 heterocycles. The largest absolute Gasteiger partial charge is 0.457 e. The topological polar surface area (TPSA) is 95.4 Å². The Morgan fingerprint density at radius 1 is 1.14 bits per heavy atom. The maximum Gasteiger partial charge on any atom is 0.238 e. The lowest BCUT2D eigenvalue weighted by molar-refractivity contribution is 0.476. The molecule has 0 bridgehead atoms. The molecule has 2 aromatic carbocycles. The minimum atomic E-state index is -3.85. The normalized spacial score (nSPS) is 11.4. The highest BCUT2D eigenvalue weighted by atomic mass is 79.9. The van der Waals surface area contributed by atoms with Gasteiger partial charge in [-0.3, -0.25) is 0 Å². The number of aryl methyl sites for hydroxylation is 1. The zero-order valence-electron chi connectivity index (χ0n) is 11.6. The molecule has 2 rings (SSSR count). The molecule has 0 saturated heterocycles. The molecular formula is C14H15BrN2O3S. The van der Waals surface area contributed by atoms with Gasteiger partial charge >= 0.3 is 0 Å². The Morgan fingerprint density at radius 2 is 1.81 bits per heavy atom. The van der Waals surface area contributed by atoms with Crippen molar-refractivity contribution in [1.82, 2.24) is 0 Å². The number of benzene rings is 2. The number of hydrogen-bond acceptors (Lipinski definition) is 4. The standard InChI is InChI=1S/C14H15BrN2O3S/c1-8-5-11(3-4-12(8)15)20-13-6-10(16)7-14(9(13)2)21(17,18)19/h3-7H,16H2,1-2H3,(H2,17,18,19). The molecule has 0 radical (unpaired) electrons. The molecule has 0 amide bonds. The van der Waals surface area contributed by atoms with Gasteiger partial charge < -0.3 is 10.5 Å². The average molecular weight is 371 g/mol. The van der Waals surface area contributed by atoms with E-state index >= 15 is 0 Å². The third kappa shape index (κ3) is 3.55. The lowest BCUT2D eigenvalue weighted by Crippen LogP contribution is -2.14. The summed E-state index contributed by atoms with van der Waals surface area (Å²) in [7, 11) is -3.85. The molecule has 0 saturated carbocycles. The van der Waals surface area contributed by atoms with Crippen LogP contribution in [0.4, 0.5) is 5.69 Å². The van der Waals surface area contributed by atoms with Crippen molar-refractivity contribution in [2.45, 2.75) is 18.7 Å². The van der Waals surface area contributed by atoms with Crippen LogP contribution in [0, 0.1) is 13.8 Å². The van der Waals surface area contributed by atoms with Gasteiger partial charge in [0.15, 0.2) is 0 Å². The van der Waals surface area contributed by atoms with E-state index in [1.807, 2.05) is 19.1 Å². The lowest BCUT2D eigenvalue weighted by Gasteiger charge is -2.13. The Morgan fingerprint density at radius 3 is 2.38 bits per heavy atom. The Labute approximate surface area is 132 Å². The molecule has 0 aliphatic carbocycles. The van der Waals surface area contributed by atoms with Crippen LogP contribution < -0.4 is 15.6 Å². The van der Waals surface area contributed by atoms with Crippen molar-refractivity contribution in [2.75, 3.05) is 5.73 Å². The van der Waals surface area contributed by atoms with Gasteiger partial charge in [-0.25, -0.2) is 13.6 Å². The van der Waals surface area contributed by atoms with Gasteiger partial charge in [0.05, 0.1) is 4.90 Å². The first-order valence-electron chi connectivity index (χ1n) is 6.05. The summed E-state index contributed by atoms with van der Waals surface area (Å²) in [6, 6.07) is 8.36. The second-order valence-corrected chi connectivity index (χ2v) is 7.08. The highest BCUT2D eigenvalue weighted by molar-refractivity contribution is 9.10. The maximum atomic E-state index is 11.6. The minimum absolute atomic E-state index is 0.0358. The third-order valence-electron chi connectivity index (χ3n) is 3.00. The molecule has 0 aliphatic heterocycles. The summed E-state index contributed by atoms with van der Waals surface area (Å²) in [6.45, 7) is 3.55. The predicted octanol–water partition coefficient (Wildman–Crippen LogP) is 3.09. The second kappa shape index (κ2) is 5.67. The van der Waals surface area contributed by atoms with Crippen LogP contribution >= 0.6 is 15.9 Å². The summed E-state index contributed by atoms with van der Waals surface area (Å²) in [6.07, 6.45) is 0. The van der Waals surface area contributed by atoms with Gasteiger partial charge in [0.25, 0.3) is 0 Å². The van der Waals surface area contributed by atoms with Gasteiger partial charge in [-0.1, -0.05) is 15.9 Å². The molecule has 0 unspecified atom stereocenters. The van der Waals surface area contributed by atoms with E-state index < -0.39 is 10.0 Å². The van der Waals surface area contributed by atoms with Crippen LogP contribution in [0.1, 0.15) is 11.1 Å². The number of rotatable bonds is 3. The van der Waals surface area contributed by atoms with Crippen LogP contribution in [-0.2, 0) is 10.0 Å². The van der Waals surface area contributed by atoms with E-state index in [2.05, 4.69) is 15.9 Å². The number of nitrogen functional groups attached to an aromatic ring is 1. The highest BCUT2D eigenvalue weighted by Crippen LogP contribution is 2.32. The van der Waals surface area contributed by atoms with E-state index in [1.165, 1.54) is 6.07 Å². The molecule has 7 heteroatoms. The Kier molecular flexibility index (Phi) is 4.27. The van der Waals surface area contributed by atoms with Crippen molar-refractivity contribution in [2.24, 2.45) is 5.14 Å². The van der Waals surface area contributed by atoms with Gasteiger partial charge in [0.2, 0.25) is 10.0 Å². The zero-order chi connectivity index (χ0) is 15.8. The minimum Gasteiger partial charge on any atom is -0.457 e. The van der Waals surface area contributed by atoms with Crippen molar-refractivity contribution in [1.29, 1.82) is 0 Å². The Balaban J connectivity index is 2.49. The molecule has 5 nitrogen and oxygen atoms in total. The average Bonchev–Trinajstić information content (AvgIpc) is 2.36. The number of primary sulfonamides is 1. The number of halogens is 1. The summed E-state index contributed by atoms with van der Waals surface area (Å²) in [5, 5.41) is 5.19. The molecule has 2 aromatic rings. The fourth-order valence-corrected chi connectivity index (χ4v) is 2.97. The van der Waals surface area contributed by atoms with Crippen molar-refractivity contribution >= 4 is 31.6 Å². The van der Waals surface area contributed by atoms with E-state index in [-0.39, 0.29) is 10.6 Å². The number of nitrogens with two attached hydrogens (primary N) is 2. The first-order chi connectivity index (χ1) is 9.68. The molecule has 0 aliphatic rings. The van der Waals surface area contributed by atoms with Crippen LogP contribution in [0.25, 0.3) is 0 Å². The monoisotopic (exact) mass is 370 g/mol. The number of sulfonamides is 1. The van der Waals surface area contributed by atoms with E-state index in [1.54, 1.807) is 19.1 Å². The number of anilines is 1. The zero-order valence-corrected chi connectivity index (χ0v) is 14.0. The fourth-order valence-electron chi connectivity index (χ4n) is 1.89. The maximum absolute atomic E-state index is 11.6. The summed E-state index contributed by atoms with van der Waals surface area (Å²) in [5.74, 6) is 0.950. The molecule has 0 atom stereocenters. The van der Waals surface area contributed by atoms with Crippen molar-refractivity contribution in [3.8, 4) is 11.5 Å². The molecule has 21 heavy (non-hydrogen) atoms. The number of ether oxygens (including phenoxy) is 1. The Bertz CT molecular complexity index is 804.